The van der Waals surface area contributed by atoms with E-state index in [1.807, 2.05) is 0 Å². The van der Waals surface area contributed by atoms with E-state index in [9.17, 15) is 10.0 Å². The minimum Gasteiger partial charge on any atom is -0.741 e. The Bertz CT molecular complexity index is 208. The summed E-state index contributed by atoms with van der Waals surface area (Å²) < 4.78 is 0. The lowest BCUT2D eigenvalue weighted by Crippen LogP contribution is -2.36. The summed E-state index contributed by atoms with van der Waals surface area (Å²) >= 11 is 0. The summed E-state index contributed by atoms with van der Waals surface area (Å²) in [6.07, 6.45) is 11.3. The number of hydrazine groups is 1. The molecule has 0 saturated carbocycles. The highest BCUT2D eigenvalue weighted by molar-refractivity contribution is 5.75. The SMILES string of the molecule is CCCCCCCCCCCC(=O)N([O-])N(C)C. The van der Waals surface area contributed by atoms with Gasteiger partial charge in [-0.15, -0.1) is 0 Å². The summed E-state index contributed by atoms with van der Waals surface area (Å²) in [6, 6.07) is 0. The third-order valence-corrected chi connectivity index (χ3v) is 3.07. The topological polar surface area (TPSA) is 46.6 Å². The van der Waals surface area contributed by atoms with Crippen molar-refractivity contribution in [3.05, 3.63) is 5.21 Å². The highest BCUT2D eigenvalue weighted by Gasteiger charge is 2.05. The molecule has 0 fully saturated rings. The fourth-order valence-electron chi connectivity index (χ4n) is 1.91. The van der Waals surface area contributed by atoms with E-state index in [2.05, 4.69) is 6.92 Å². The smallest absolute Gasteiger partial charge is 0.226 e. The Morgan fingerprint density at radius 1 is 0.889 bits per heavy atom. The van der Waals surface area contributed by atoms with Crippen molar-refractivity contribution in [2.24, 2.45) is 0 Å². The van der Waals surface area contributed by atoms with Gasteiger partial charge in [0.05, 0.1) is 0 Å². The van der Waals surface area contributed by atoms with Crippen LogP contribution in [-0.4, -0.2) is 30.2 Å². The van der Waals surface area contributed by atoms with Gasteiger partial charge in [-0.25, -0.2) is 5.01 Å². The molecule has 0 aromatic rings. The average Bonchev–Trinajstić information content (AvgIpc) is 2.35. The minimum atomic E-state index is -0.331. The lowest BCUT2D eigenvalue weighted by Gasteiger charge is -2.34. The van der Waals surface area contributed by atoms with Crippen molar-refractivity contribution < 1.29 is 4.79 Å². The fourth-order valence-corrected chi connectivity index (χ4v) is 1.91. The van der Waals surface area contributed by atoms with Crippen LogP contribution in [0.2, 0.25) is 0 Å². The number of carbonyl (C=O) groups is 1. The summed E-state index contributed by atoms with van der Waals surface area (Å²) in [5.74, 6) is -0.331. The maximum atomic E-state index is 11.4. The largest absolute Gasteiger partial charge is 0.741 e. The first-order valence-electron chi connectivity index (χ1n) is 7.27. The van der Waals surface area contributed by atoms with E-state index in [-0.39, 0.29) is 5.91 Å². The van der Waals surface area contributed by atoms with Gasteiger partial charge in [-0.05, 0) is 6.42 Å². The van der Waals surface area contributed by atoms with Crippen LogP contribution in [0.5, 0.6) is 0 Å². The molecule has 0 aliphatic rings. The second kappa shape index (κ2) is 11.5. The van der Waals surface area contributed by atoms with Crippen molar-refractivity contribution in [3.8, 4) is 0 Å². The zero-order chi connectivity index (χ0) is 13.8. The normalized spacial score (nSPS) is 10.9. The monoisotopic (exact) mass is 257 g/mol. The highest BCUT2D eigenvalue weighted by atomic mass is 16.6. The van der Waals surface area contributed by atoms with Gasteiger partial charge in [0.25, 0.3) is 0 Å². The summed E-state index contributed by atoms with van der Waals surface area (Å²) in [4.78, 5) is 11.4. The molecule has 4 heteroatoms. The van der Waals surface area contributed by atoms with Gasteiger partial charge < -0.3 is 10.4 Å². The molecule has 0 spiro atoms. The van der Waals surface area contributed by atoms with Crippen LogP contribution in [0.25, 0.3) is 0 Å². The Morgan fingerprint density at radius 2 is 1.33 bits per heavy atom. The number of amides is 1. The van der Waals surface area contributed by atoms with Crippen molar-refractivity contribution in [2.75, 3.05) is 14.1 Å². The molecular formula is C14H29N2O2-. The van der Waals surface area contributed by atoms with Crippen LogP contribution in [-0.2, 0) is 4.79 Å². The number of unbranched alkanes of at least 4 members (excludes halogenated alkanes) is 8. The summed E-state index contributed by atoms with van der Waals surface area (Å²) in [7, 11) is 3.17. The Kier molecular flexibility index (Phi) is 11.1. The summed E-state index contributed by atoms with van der Waals surface area (Å²) in [5, 5.41) is 12.9. The molecule has 0 saturated heterocycles. The Morgan fingerprint density at radius 3 is 1.78 bits per heavy atom. The molecule has 0 atom stereocenters. The zero-order valence-electron chi connectivity index (χ0n) is 12.3. The van der Waals surface area contributed by atoms with Crippen molar-refractivity contribution in [1.29, 1.82) is 0 Å². The number of hydroxylamine groups is 1. The maximum Gasteiger partial charge on any atom is 0.226 e. The van der Waals surface area contributed by atoms with Crippen molar-refractivity contribution >= 4 is 5.91 Å². The van der Waals surface area contributed by atoms with E-state index < -0.39 is 0 Å². The van der Waals surface area contributed by atoms with E-state index in [1.54, 1.807) is 14.1 Å². The average molecular weight is 257 g/mol. The van der Waals surface area contributed by atoms with Gasteiger partial charge in [0.2, 0.25) is 5.91 Å². The molecule has 18 heavy (non-hydrogen) atoms. The van der Waals surface area contributed by atoms with Crippen molar-refractivity contribution in [3.63, 3.8) is 0 Å². The maximum absolute atomic E-state index is 11.4. The molecule has 0 unspecified atom stereocenters. The molecule has 4 nitrogen and oxygen atoms in total. The molecule has 0 aliphatic carbocycles. The molecule has 0 bridgehead atoms. The first-order valence-corrected chi connectivity index (χ1v) is 7.27. The lowest BCUT2D eigenvalue weighted by atomic mass is 10.1. The molecule has 0 aromatic heterocycles. The van der Waals surface area contributed by atoms with Crippen LogP contribution in [0.3, 0.4) is 0 Å². The van der Waals surface area contributed by atoms with Gasteiger partial charge >= 0.3 is 0 Å². The number of hydrogen-bond acceptors (Lipinski definition) is 3. The fraction of sp³-hybridized carbons (Fsp3) is 0.929. The van der Waals surface area contributed by atoms with Crippen LogP contribution in [0.15, 0.2) is 0 Å². The predicted molar refractivity (Wildman–Crippen MR) is 75.7 cm³/mol. The highest BCUT2D eigenvalue weighted by Crippen LogP contribution is 2.11. The van der Waals surface area contributed by atoms with Gasteiger partial charge in [0.15, 0.2) is 0 Å². The van der Waals surface area contributed by atoms with Crippen LogP contribution in [0.1, 0.15) is 71.1 Å². The lowest BCUT2D eigenvalue weighted by molar-refractivity contribution is -0.139. The Labute approximate surface area is 112 Å². The molecule has 0 radical (unpaired) electrons. The molecular weight excluding hydrogens is 228 g/mol. The number of carbonyl (C=O) groups excluding carboxylic acids is 1. The molecule has 0 rings (SSSR count). The third-order valence-electron chi connectivity index (χ3n) is 3.07. The molecule has 0 aromatic carbocycles. The van der Waals surface area contributed by atoms with E-state index in [0.717, 1.165) is 12.8 Å². The summed E-state index contributed by atoms with van der Waals surface area (Å²) in [5.41, 5.74) is 0. The standard InChI is InChI=1S/C14H29N2O2/c1-4-5-6-7-8-9-10-11-12-13-14(17)16(18)15(2)3/h4-13H2,1-3H3/q-1. The number of hydrogen-bond donors (Lipinski definition) is 0. The quantitative estimate of drug-likeness (QED) is 0.419. The molecule has 0 N–H and O–H groups in total. The van der Waals surface area contributed by atoms with Crippen molar-refractivity contribution in [2.45, 2.75) is 71.1 Å². The minimum absolute atomic E-state index is 0.331. The predicted octanol–water partition coefficient (Wildman–Crippen LogP) is 3.71. The van der Waals surface area contributed by atoms with Crippen LogP contribution < -0.4 is 0 Å². The van der Waals surface area contributed by atoms with Gasteiger partial charge in [-0.3, -0.25) is 4.79 Å². The molecule has 1 amide bonds. The molecule has 0 heterocycles. The van der Waals surface area contributed by atoms with Crippen LogP contribution >= 0.6 is 0 Å². The van der Waals surface area contributed by atoms with E-state index in [0.29, 0.717) is 11.6 Å². The van der Waals surface area contributed by atoms with Gasteiger partial charge in [0, 0.05) is 20.5 Å². The summed E-state index contributed by atoms with van der Waals surface area (Å²) in [6.45, 7) is 2.23. The molecule has 108 valence electrons. The van der Waals surface area contributed by atoms with Crippen molar-refractivity contribution in [1.82, 2.24) is 10.2 Å². The van der Waals surface area contributed by atoms with Crippen LogP contribution in [0.4, 0.5) is 0 Å². The second-order valence-corrected chi connectivity index (χ2v) is 5.09. The number of rotatable bonds is 11. The Hall–Kier alpha value is -0.610. The zero-order valence-corrected chi connectivity index (χ0v) is 12.3. The first-order chi connectivity index (χ1) is 8.59. The van der Waals surface area contributed by atoms with Gasteiger partial charge in [0.1, 0.15) is 0 Å². The molecule has 0 aliphatic heterocycles. The van der Waals surface area contributed by atoms with Gasteiger partial charge in [-0.2, -0.15) is 0 Å². The number of nitrogens with zero attached hydrogens (tertiary/aromatic N) is 2. The van der Waals surface area contributed by atoms with Crippen LogP contribution in [0, 0.1) is 5.21 Å². The van der Waals surface area contributed by atoms with E-state index in [1.165, 1.54) is 50.0 Å². The van der Waals surface area contributed by atoms with E-state index >= 15 is 0 Å². The Balaban J connectivity index is 3.27. The second-order valence-electron chi connectivity index (χ2n) is 5.09. The van der Waals surface area contributed by atoms with E-state index in [4.69, 9.17) is 0 Å². The third kappa shape index (κ3) is 9.42. The first kappa shape index (κ1) is 17.4. The van der Waals surface area contributed by atoms with Gasteiger partial charge in [-0.1, -0.05) is 58.3 Å².